The molecule has 0 aliphatic heterocycles. The lowest BCUT2D eigenvalue weighted by molar-refractivity contribution is 0.0473. The van der Waals surface area contributed by atoms with Gasteiger partial charge >= 0.3 is 5.97 Å². The highest BCUT2D eigenvalue weighted by Crippen LogP contribution is 2.34. The summed E-state index contributed by atoms with van der Waals surface area (Å²) in [6.07, 6.45) is 0. The van der Waals surface area contributed by atoms with Gasteiger partial charge < -0.3 is 19.5 Å². The Morgan fingerprint density at radius 2 is 1.58 bits per heavy atom. The second-order valence-electron chi connectivity index (χ2n) is 6.39. The fourth-order valence-electron chi connectivity index (χ4n) is 2.79. The summed E-state index contributed by atoms with van der Waals surface area (Å²) in [5.41, 5.74) is 1.06. The van der Waals surface area contributed by atoms with E-state index in [0.717, 1.165) is 0 Å². The van der Waals surface area contributed by atoms with Crippen LogP contribution in [0, 0.1) is 5.82 Å². The van der Waals surface area contributed by atoms with Crippen molar-refractivity contribution in [2.24, 2.45) is 0 Å². The van der Waals surface area contributed by atoms with Crippen molar-refractivity contribution in [2.45, 2.75) is 6.61 Å². The summed E-state index contributed by atoms with van der Waals surface area (Å²) in [6, 6.07) is 15.0. The minimum Gasteiger partial charge on any atom is -0.493 e. The maximum Gasteiger partial charge on any atom is 0.340 e. The highest BCUT2D eigenvalue weighted by molar-refractivity contribution is 6.34. The Bertz CT molecular complexity index is 1100. The van der Waals surface area contributed by atoms with E-state index in [2.05, 4.69) is 5.32 Å². The van der Waals surface area contributed by atoms with Crippen LogP contribution in [0.3, 0.4) is 0 Å². The average Bonchev–Trinajstić information content (AvgIpc) is 2.78. The van der Waals surface area contributed by atoms with Crippen molar-refractivity contribution >= 4 is 29.2 Å². The molecule has 0 bridgehead atoms. The maximum absolute atomic E-state index is 13.1. The van der Waals surface area contributed by atoms with Gasteiger partial charge in [0.05, 0.1) is 36.1 Å². The molecular formula is C23H19ClFNO5. The summed E-state index contributed by atoms with van der Waals surface area (Å²) in [5.74, 6) is -1.01. The Morgan fingerprint density at radius 1 is 0.935 bits per heavy atom. The number of amides is 1. The number of esters is 1. The summed E-state index contributed by atoms with van der Waals surface area (Å²) in [5, 5.41) is 2.94. The van der Waals surface area contributed by atoms with Gasteiger partial charge in [-0.2, -0.15) is 0 Å². The van der Waals surface area contributed by atoms with E-state index in [4.69, 9.17) is 25.8 Å². The first-order valence-corrected chi connectivity index (χ1v) is 9.54. The lowest BCUT2D eigenvalue weighted by Crippen LogP contribution is -2.17. The van der Waals surface area contributed by atoms with Gasteiger partial charge in [-0.25, -0.2) is 9.18 Å². The fourth-order valence-corrected chi connectivity index (χ4v) is 3.02. The monoisotopic (exact) mass is 443 g/mol. The predicted molar refractivity (Wildman–Crippen MR) is 114 cm³/mol. The minimum atomic E-state index is -0.709. The van der Waals surface area contributed by atoms with Crippen LogP contribution in [0.4, 0.5) is 10.1 Å². The molecule has 0 saturated carbocycles. The topological polar surface area (TPSA) is 73.9 Å². The van der Waals surface area contributed by atoms with E-state index < -0.39 is 11.9 Å². The first-order valence-electron chi connectivity index (χ1n) is 9.16. The quantitative estimate of drug-likeness (QED) is 0.514. The van der Waals surface area contributed by atoms with Crippen LogP contribution >= 0.6 is 11.6 Å². The standard InChI is InChI=1S/C23H19ClFNO5/c1-29-20-11-17(23(28)31-13-14-7-9-15(25)10-8-14)19(12-21(20)30-2)26-22(27)16-5-3-4-6-18(16)24/h3-12H,13H2,1-2H3,(H,26,27). The number of benzene rings is 3. The Morgan fingerprint density at radius 3 is 2.23 bits per heavy atom. The van der Waals surface area contributed by atoms with Crippen LogP contribution in [0.15, 0.2) is 60.7 Å². The fraction of sp³-hybridized carbons (Fsp3) is 0.130. The molecule has 0 aliphatic rings. The van der Waals surface area contributed by atoms with Crippen LogP contribution in [0.2, 0.25) is 5.02 Å². The number of carbonyl (C=O) groups excluding carboxylic acids is 2. The molecule has 31 heavy (non-hydrogen) atoms. The van der Waals surface area contributed by atoms with Gasteiger partial charge in [-0.1, -0.05) is 35.9 Å². The Kier molecular flexibility index (Phi) is 7.10. The van der Waals surface area contributed by atoms with E-state index >= 15 is 0 Å². The molecule has 3 aromatic rings. The number of carbonyl (C=O) groups is 2. The first kappa shape index (κ1) is 22.1. The molecule has 0 heterocycles. The molecule has 8 heteroatoms. The van der Waals surface area contributed by atoms with Crippen molar-refractivity contribution in [3.05, 3.63) is 88.2 Å². The SMILES string of the molecule is COc1cc(NC(=O)c2ccccc2Cl)c(C(=O)OCc2ccc(F)cc2)cc1OC. The predicted octanol–water partition coefficient (Wildman–Crippen LogP) is 5.11. The Hall–Kier alpha value is -3.58. The average molecular weight is 444 g/mol. The molecule has 3 rings (SSSR count). The van der Waals surface area contributed by atoms with Gasteiger partial charge in [0.1, 0.15) is 12.4 Å². The molecule has 0 aromatic heterocycles. The number of methoxy groups -OCH3 is 2. The van der Waals surface area contributed by atoms with Crippen LogP contribution in [-0.2, 0) is 11.3 Å². The van der Waals surface area contributed by atoms with Crippen molar-refractivity contribution in [1.82, 2.24) is 0 Å². The lowest BCUT2D eigenvalue weighted by atomic mass is 10.1. The summed E-state index contributed by atoms with van der Waals surface area (Å²) < 4.78 is 28.9. The van der Waals surface area contributed by atoms with Crippen LogP contribution in [0.25, 0.3) is 0 Å². The number of ether oxygens (including phenoxy) is 3. The zero-order chi connectivity index (χ0) is 22.4. The molecule has 0 aliphatic carbocycles. The van der Waals surface area contributed by atoms with Gasteiger partial charge in [-0.15, -0.1) is 0 Å². The molecule has 1 N–H and O–H groups in total. The summed E-state index contributed by atoms with van der Waals surface area (Å²) >= 11 is 6.10. The normalized spacial score (nSPS) is 10.3. The third-order valence-electron chi connectivity index (χ3n) is 4.39. The summed E-state index contributed by atoms with van der Waals surface area (Å²) in [6.45, 7) is -0.0780. The first-order chi connectivity index (χ1) is 14.9. The van der Waals surface area contributed by atoms with Crippen LogP contribution in [-0.4, -0.2) is 26.1 Å². The number of hydrogen-bond acceptors (Lipinski definition) is 5. The summed E-state index contributed by atoms with van der Waals surface area (Å²) in [4.78, 5) is 25.5. The second-order valence-corrected chi connectivity index (χ2v) is 6.80. The van der Waals surface area contributed by atoms with Gasteiger partial charge in [0.2, 0.25) is 0 Å². The van der Waals surface area contributed by atoms with E-state index in [1.807, 2.05) is 0 Å². The Balaban J connectivity index is 1.89. The van der Waals surface area contributed by atoms with Gasteiger partial charge in [-0.3, -0.25) is 4.79 Å². The van der Waals surface area contributed by atoms with Crippen LogP contribution < -0.4 is 14.8 Å². The van der Waals surface area contributed by atoms with E-state index in [-0.39, 0.29) is 40.0 Å². The van der Waals surface area contributed by atoms with Crippen molar-refractivity contribution in [3.8, 4) is 11.5 Å². The molecule has 0 atom stereocenters. The van der Waals surface area contributed by atoms with E-state index in [1.54, 1.807) is 24.3 Å². The number of nitrogens with one attached hydrogen (secondary N) is 1. The molecule has 1 amide bonds. The van der Waals surface area contributed by atoms with E-state index in [9.17, 15) is 14.0 Å². The van der Waals surface area contributed by atoms with Crippen molar-refractivity contribution in [2.75, 3.05) is 19.5 Å². The van der Waals surface area contributed by atoms with E-state index in [1.165, 1.54) is 50.6 Å². The van der Waals surface area contributed by atoms with Gasteiger partial charge in [0, 0.05) is 12.1 Å². The lowest BCUT2D eigenvalue weighted by Gasteiger charge is -2.15. The van der Waals surface area contributed by atoms with Gasteiger partial charge in [0.15, 0.2) is 11.5 Å². The smallest absolute Gasteiger partial charge is 0.340 e. The van der Waals surface area contributed by atoms with Crippen LogP contribution in [0.5, 0.6) is 11.5 Å². The largest absolute Gasteiger partial charge is 0.493 e. The molecule has 0 radical (unpaired) electrons. The molecule has 0 fully saturated rings. The molecule has 0 unspecified atom stereocenters. The number of anilines is 1. The highest BCUT2D eigenvalue weighted by Gasteiger charge is 2.21. The molecule has 0 saturated heterocycles. The van der Waals surface area contributed by atoms with Gasteiger partial charge in [0.25, 0.3) is 5.91 Å². The van der Waals surface area contributed by atoms with Crippen molar-refractivity contribution in [3.63, 3.8) is 0 Å². The number of hydrogen-bond donors (Lipinski definition) is 1. The number of rotatable bonds is 7. The maximum atomic E-state index is 13.1. The molecule has 6 nitrogen and oxygen atoms in total. The third kappa shape index (κ3) is 5.32. The highest BCUT2D eigenvalue weighted by atomic mass is 35.5. The zero-order valence-electron chi connectivity index (χ0n) is 16.8. The van der Waals surface area contributed by atoms with Crippen molar-refractivity contribution < 1.29 is 28.2 Å². The number of halogens is 2. The second kappa shape index (κ2) is 9.95. The Labute approximate surface area is 183 Å². The molecule has 3 aromatic carbocycles. The molecular weight excluding hydrogens is 425 g/mol. The third-order valence-corrected chi connectivity index (χ3v) is 4.72. The zero-order valence-corrected chi connectivity index (χ0v) is 17.5. The molecule has 0 spiro atoms. The summed E-state index contributed by atoms with van der Waals surface area (Å²) in [7, 11) is 2.86. The van der Waals surface area contributed by atoms with Crippen LogP contribution in [0.1, 0.15) is 26.3 Å². The van der Waals surface area contributed by atoms with Gasteiger partial charge in [-0.05, 0) is 29.8 Å². The van der Waals surface area contributed by atoms with E-state index in [0.29, 0.717) is 11.3 Å². The molecule has 160 valence electrons. The van der Waals surface area contributed by atoms with Crippen molar-refractivity contribution in [1.29, 1.82) is 0 Å². The minimum absolute atomic E-state index is 0.0557.